The predicted molar refractivity (Wildman–Crippen MR) is 240 cm³/mol. The largest absolute Gasteiger partial charge is 0.756 e. The molecular formula is C48H88NO7P. The number of carbonyl (C=O) groups excluding carboxylic acids is 1. The fourth-order valence-corrected chi connectivity index (χ4v) is 6.75. The molecule has 0 bridgehead atoms. The number of quaternary nitrogens is 1. The first-order valence-electron chi connectivity index (χ1n) is 23.1. The topological polar surface area (TPSA) is 94.1 Å². The number of likely N-dealkylation sites (N-methyl/N-ethyl adjacent to an activating group) is 1. The molecule has 0 amide bonds. The van der Waals surface area contributed by atoms with E-state index in [4.69, 9.17) is 18.5 Å². The Labute approximate surface area is 351 Å². The van der Waals surface area contributed by atoms with Crippen molar-refractivity contribution in [2.24, 2.45) is 0 Å². The van der Waals surface area contributed by atoms with Crippen molar-refractivity contribution < 1.29 is 37.3 Å². The van der Waals surface area contributed by atoms with Gasteiger partial charge in [-0.25, -0.2) is 0 Å². The van der Waals surface area contributed by atoms with Crippen molar-refractivity contribution in [1.82, 2.24) is 0 Å². The fourth-order valence-electron chi connectivity index (χ4n) is 6.02. The summed E-state index contributed by atoms with van der Waals surface area (Å²) in [5.41, 5.74) is 0. The van der Waals surface area contributed by atoms with Crippen molar-refractivity contribution in [2.75, 3.05) is 47.5 Å². The summed E-state index contributed by atoms with van der Waals surface area (Å²) in [6, 6.07) is 0. The van der Waals surface area contributed by atoms with Crippen molar-refractivity contribution in [3.8, 4) is 0 Å². The second-order valence-electron chi connectivity index (χ2n) is 16.5. The molecule has 0 N–H and O–H groups in total. The number of ether oxygens (including phenoxy) is 2. The number of unbranched alkanes of at least 4 members (excludes halogenated alkanes) is 20. The quantitative estimate of drug-likeness (QED) is 0.0151. The summed E-state index contributed by atoms with van der Waals surface area (Å²) in [6.45, 7) is 4.67. The van der Waals surface area contributed by atoms with Crippen LogP contribution in [-0.4, -0.2) is 64.1 Å². The Balaban J connectivity index is 4.34. The van der Waals surface area contributed by atoms with E-state index in [1.165, 1.54) is 109 Å². The molecule has 2 atom stereocenters. The Morgan fingerprint density at radius 2 is 0.982 bits per heavy atom. The number of rotatable bonds is 42. The molecule has 0 aromatic rings. The van der Waals surface area contributed by atoms with Crippen molar-refractivity contribution >= 4 is 13.8 Å². The molecular weight excluding hydrogens is 734 g/mol. The molecule has 0 aliphatic rings. The second kappa shape index (κ2) is 40.8. The molecule has 0 radical (unpaired) electrons. The molecule has 57 heavy (non-hydrogen) atoms. The lowest BCUT2D eigenvalue weighted by Gasteiger charge is -2.28. The van der Waals surface area contributed by atoms with Crippen molar-refractivity contribution in [3.05, 3.63) is 60.9 Å². The van der Waals surface area contributed by atoms with Crippen LogP contribution in [-0.2, 0) is 27.9 Å². The summed E-state index contributed by atoms with van der Waals surface area (Å²) in [4.78, 5) is 25.0. The highest BCUT2D eigenvalue weighted by molar-refractivity contribution is 7.45. The van der Waals surface area contributed by atoms with Gasteiger partial charge in [-0.15, -0.1) is 0 Å². The van der Waals surface area contributed by atoms with Crippen LogP contribution in [0.25, 0.3) is 0 Å². The number of esters is 1. The molecule has 0 spiro atoms. The van der Waals surface area contributed by atoms with Gasteiger partial charge < -0.3 is 27.9 Å². The van der Waals surface area contributed by atoms with E-state index in [2.05, 4.69) is 62.5 Å². The first-order valence-corrected chi connectivity index (χ1v) is 24.5. The van der Waals surface area contributed by atoms with Gasteiger partial charge in [-0.05, 0) is 70.3 Å². The Morgan fingerprint density at radius 3 is 1.49 bits per heavy atom. The third kappa shape index (κ3) is 45.0. The second-order valence-corrected chi connectivity index (χ2v) is 17.9. The van der Waals surface area contributed by atoms with Gasteiger partial charge >= 0.3 is 5.97 Å². The van der Waals surface area contributed by atoms with Crippen LogP contribution >= 0.6 is 7.82 Å². The van der Waals surface area contributed by atoms with Gasteiger partial charge in [0, 0.05) is 6.42 Å². The zero-order valence-corrected chi connectivity index (χ0v) is 38.4. The molecule has 0 aromatic carbocycles. The highest BCUT2D eigenvalue weighted by Gasteiger charge is 2.20. The minimum atomic E-state index is -4.55. The first-order chi connectivity index (χ1) is 27.6. The molecule has 332 valence electrons. The lowest BCUT2D eigenvalue weighted by atomic mass is 10.0. The number of hydrogen-bond acceptors (Lipinski definition) is 7. The Kier molecular flexibility index (Phi) is 39.4. The SMILES string of the molecule is CCCCC/C=C/C/C=C/C/C=C/C/C=C/CCCCCC(=O)O[C@H](CO/C=C/CCCCCCCCCCCCCCCC)COP(=O)([O-])OCC[N+](C)(C)C. The molecule has 0 saturated heterocycles. The number of phosphoric acid groups is 1. The molecule has 0 aliphatic heterocycles. The summed E-state index contributed by atoms with van der Waals surface area (Å²) in [7, 11) is 1.30. The van der Waals surface area contributed by atoms with Gasteiger partial charge in [0.25, 0.3) is 7.82 Å². The van der Waals surface area contributed by atoms with E-state index in [9.17, 15) is 14.3 Å². The van der Waals surface area contributed by atoms with E-state index in [0.717, 1.165) is 51.4 Å². The van der Waals surface area contributed by atoms with E-state index >= 15 is 0 Å². The zero-order chi connectivity index (χ0) is 42.0. The Hall–Kier alpha value is -1.96. The van der Waals surface area contributed by atoms with Gasteiger partial charge in [0.2, 0.25) is 0 Å². The summed E-state index contributed by atoms with van der Waals surface area (Å²) in [5, 5.41) is 0. The van der Waals surface area contributed by atoms with Crippen molar-refractivity contribution in [1.29, 1.82) is 0 Å². The van der Waals surface area contributed by atoms with Crippen LogP contribution in [0.5, 0.6) is 0 Å². The Morgan fingerprint density at radius 1 is 0.561 bits per heavy atom. The van der Waals surface area contributed by atoms with E-state index in [1.807, 2.05) is 27.2 Å². The van der Waals surface area contributed by atoms with Gasteiger partial charge in [0.1, 0.15) is 19.8 Å². The summed E-state index contributed by atoms with van der Waals surface area (Å²) < 4.78 is 34.3. The number of nitrogens with zero attached hydrogens (tertiary/aromatic N) is 1. The maximum atomic E-state index is 12.7. The van der Waals surface area contributed by atoms with Crippen LogP contribution in [0.1, 0.15) is 187 Å². The van der Waals surface area contributed by atoms with E-state index in [-0.39, 0.29) is 32.2 Å². The maximum Gasteiger partial charge on any atom is 0.306 e. The highest BCUT2D eigenvalue weighted by atomic mass is 31.2. The minimum Gasteiger partial charge on any atom is -0.756 e. The molecule has 9 heteroatoms. The molecule has 1 unspecified atom stereocenters. The van der Waals surface area contributed by atoms with Crippen LogP contribution in [0.4, 0.5) is 0 Å². The molecule has 0 saturated carbocycles. The predicted octanol–water partition coefficient (Wildman–Crippen LogP) is 13.4. The van der Waals surface area contributed by atoms with Gasteiger partial charge in [-0.2, -0.15) is 0 Å². The van der Waals surface area contributed by atoms with E-state index in [0.29, 0.717) is 17.4 Å². The van der Waals surface area contributed by atoms with E-state index in [1.54, 1.807) is 6.26 Å². The molecule has 0 fully saturated rings. The van der Waals surface area contributed by atoms with Crippen LogP contribution < -0.4 is 4.89 Å². The smallest absolute Gasteiger partial charge is 0.306 e. The third-order valence-electron chi connectivity index (χ3n) is 9.64. The molecule has 0 aliphatic carbocycles. The van der Waals surface area contributed by atoms with Crippen molar-refractivity contribution in [3.63, 3.8) is 0 Å². The minimum absolute atomic E-state index is 0.00588. The average Bonchev–Trinajstić information content (AvgIpc) is 3.16. The fraction of sp³-hybridized carbons (Fsp3) is 0.771. The average molecular weight is 822 g/mol. The van der Waals surface area contributed by atoms with Crippen LogP contribution in [0.3, 0.4) is 0 Å². The standard InChI is InChI=1S/C48H88NO7P/c1-6-8-10-12-14-16-18-20-22-24-25-26-27-29-31-33-35-37-39-41-48(50)56-47(46-55-57(51,52)54-44-42-49(3,4)5)45-53-43-40-38-36-34-32-30-28-23-21-19-17-15-13-11-9-7-2/h14,16,20,22,25-26,29,31,40,43,47H,6-13,15,17-19,21,23-24,27-28,30,32-39,41-42,44-46H2,1-5H3/b16-14+,22-20+,26-25+,31-29+,43-40+/t47-/m1/s1. The normalized spacial score (nSPS) is 14.2. The number of phosphoric ester groups is 1. The number of carbonyl (C=O) groups is 1. The van der Waals surface area contributed by atoms with Crippen LogP contribution in [0.15, 0.2) is 60.9 Å². The summed E-state index contributed by atoms with van der Waals surface area (Å²) >= 11 is 0. The zero-order valence-electron chi connectivity index (χ0n) is 37.5. The van der Waals surface area contributed by atoms with Gasteiger partial charge in [0.05, 0.1) is 34.0 Å². The Bertz CT molecular complexity index is 1090. The summed E-state index contributed by atoms with van der Waals surface area (Å²) in [6.07, 6.45) is 51.8. The monoisotopic (exact) mass is 822 g/mol. The highest BCUT2D eigenvalue weighted by Crippen LogP contribution is 2.38. The van der Waals surface area contributed by atoms with Gasteiger partial charge in [-0.3, -0.25) is 9.36 Å². The van der Waals surface area contributed by atoms with Crippen LogP contribution in [0, 0.1) is 0 Å². The van der Waals surface area contributed by atoms with Crippen molar-refractivity contribution in [2.45, 2.75) is 193 Å². The van der Waals surface area contributed by atoms with E-state index < -0.39 is 13.9 Å². The maximum absolute atomic E-state index is 12.7. The molecule has 0 heterocycles. The molecule has 0 aromatic heterocycles. The van der Waals surface area contributed by atoms with Gasteiger partial charge in [0.15, 0.2) is 6.10 Å². The lowest BCUT2D eigenvalue weighted by Crippen LogP contribution is -2.37. The van der Waals surface area contributed by atoms with Gasteiger partial charge in [-0.1, -0.05) is 165 Å². The lowest BCUT2D eigenvalue weighted by molar-refractivity contribution is -0.870. The molecule has 8 nitrogen and oxygen atoms in total. The summed E-state index contributed by atoms with van der Waals surface area (Å²) in [5.74, 6) is -0.386. The number of allylic oxidation sites excluding steroid dienone is 9. The number of hydrogen-bond donors (Lipinski definition) is 0. The van der Waals surface area contributed by atoms with Crippen LogP contribution in [0.2, 0.25) is 0 Å². The first kappa shape index (κ1) is 55.0. The molecule has 0 rings (SSSR count). The third-order valence-corrected chi connectivity index (χ3v) is 10.6.